The second kappa shape index (κ2) is 4.51. The van der Waals surface area contributed by atoms with Crippen molar-refractivity contribution in [2.75, 3.05) is 5.32 Å². The summed E-state index contributed by atoms with van der Waals surface area (Å²) in [4.78, 5) is 10.3. The first-order chi connectivity index (χ1) is 7.40. The van der Waals surface area contributed by atoms with Gasteiger partial charge in [-0.3, -0.25) is 10.7 Å². The van der Waals surface area contributed by atoms with Crippen LogP contribution < -0.4 is 16.4 Å². The molecule has 0 spiro atoms. The number of urea groups is 1. The molecule has 1 aromatic rings. The molecular weight excluding hydrogens is 225 g/mol. The van der Waals surface area contributed by atoms with E-state index in [1.807, 2.05) is 5.32 Å². The van der Waals surface area contributed by atoms with E-state index in [4.69, 9.17) is 5.41 Å². The van der Waals surface area contributed by atoms with E-state index in [1.54, 1.807) is 5.32 Å². The number of amides is 2. The Morgan fingerprint density at radius 2 is 1.75 bits per heavy atom. The minimum Gasteiger partial charge on any atom is -0.351 e. The quantitative estimate of drug-likeness (QED) is 0.431. The molecule has 0 fully saturated rings. The van der Waals surface area contributed by atoms with Crippen molar-refractivity contribution in [2.24, 2.45) is 5.73 Å². The van der Waals surface area contributed by atoms with E-state index in [2.05, 4.69) is 5.73 Å². The summed E-state index contributed by atoms with van der Waals surface area (Å²) in [5, 5.41) is 10.7. The van der Waals surface area contributed by atoms with E-state index in [0.717, 1.165) is 0 Å². The molecule has 86 valence electrons. The molecule has 1 rings (SSSR count). The number of halogens is 3. The summed E-state index contributed by atoms with van der Waals surface area (Å²) in [7, 11) is 0. The fourth-order valence-corrected chi connectivity index (χ4v) is 0.941. The second-order valence-electron chi connectivity index (χ2n) is 2.73. The number of nitrogens with one attached hydrogen (secondary N) is 3. The number of carbonyl (C=O) groups is 1. The van der Waals surface area contributed by atoms with E-state index >= 15 is 0 Å². The number of hydrogen-bond donors (Lipinski definition) is 4. The Kier molecular flexibility index (Phi) is 3.33. The molecule has 0 aliphatic heterocycles. The maximum Gasteiger partial charge on any atom is 0.318 e. The summed E-state index contributed by atoms with van der Waals surface area (Å²) in [6.45, 7) is 0. The zero-order chi connectivity index (χ0) is 12.3. The molecule has 0 unspecified atom stereocenters. The van der Waals surface area contributed by atoms with Gasteiger partial charge < -0.3 is 11.1 Å². The molecule has 0 saturated heterocycles. The van der Waals surface area contributed by atoms with Gasteiger partial charge in [-0.1, -0.05) is 0 Å². The second-order valence-corrected chi connectivity index (χ2v) is 2.73. The standard InChI is InChI=1S/C8H7F3N4O/c9-3-1-4(10)6(5(11)2-3)14-7(12)15-8(13)16/h1-2H,(H5,12,13,14,15,16). The molecule has 5 N–H and O–H groups in total. The Hall–Kier alpha value is -2.25. The van der Waals surface area contributed by atoms with Gasteiger partial charge in [-0.15, -0.1) is 0 Å². The van der Waals surface area contributed by atoms with Gasteiger partial charge in [0.25, 0.3) is 0 Å². The Balaban J connectivity index is 2.89. The highest BCUT2D eigenvalue weighted by Gasteiger charge is 2.13. The predicted octanol–water partition coefficient (Wildman–Crippen LogP) is 1.12. The van der Waals surface area contributed by atoms with Crippen LogP contribution in [0.25, 0.3) is 0 Å². The summed E-state index contributed by atoms with van der Waals surface area (Å²) < 4.78 is 38.6. The third kappa shape index (κ3) is 2.87. The Morgan fingerprint density at radius 1 is 1.25 bits per heavy atom. The van der Waals surface area contributed by atoms with Crippen molar-refractivity contribution in [1.82, 2.24) is 5.32 Å². The zero-order valence-electron chi connectivity index (χ0n) is 7.77. The van der Waals surface area contributed by atoms with Crippen LogP contribution in [0.15, 0.2) is 12.1 Å². The lowest BCUT2D eigenvalue weighted by Crippen LogP contribution is -2.39. The van der Waals surface area contributed by atoms with Crippen LogP contribution in [0.2, 0.25) is 0 Å². The van der Waals surface area contributed by atoms with Crippen molar-refractivity contribution in [3.8, 4) is 0 Å². The van der Waals surface area contributed by atoms with Crippen molar-refractivity contribution in [3.05, 3.63) is 29.6 Å². The molecule has 0 bridgehead atoms. The monoisotopic (exact) mass is 232 g/mol. The van der Waals surface area contributed by atoms with Crippen molar-refractivity contribution < 1.29 is 18.0 Å². The normalized spacial score (nSPS) is 9.69. The summed E-state index contributed by atoms with van der Waals surface area (Å²) in [6.07, 6.45) is 0. The molecule has 2 amide bonds. The van der Waals surface area contributed by atoms with Crippen molar-refractivity contribution >= 4 is 17.7 Å². The number of nitrogens with two attached hydrogens (primary N) is 1. The highest BCUT2D eigenvalue weighted by Crippen LogP contribution is 2.19. The summed E-state index contributed by atoms with van der Waals surface area (Å²) >= 11 is 0. The Bertz CT molecular complexity index is 426. The third-order valence-corrected chi connectivity index (χ3v) is 1.51. The maximum absolute atomic E-state index is 13.0. The largest absolute Gasteiger partial charge is 0.351 e. The molecule has 8 heteroatoms. The van der Waals surface area contributed by atoms with Gasteiger partial charge in [0, 0.05) is 12.1 Å². The lowest BCUT2D eigenvalue weighted by atomic mass is 10.3. The van der Waals surface area contributed by atoms with Crippen molar-refractivity contribution in [1.29, 1.82) is 5.41 Å². The Labute approximate surface area is 87.9 Å². The van der Waals surface area contributed by atoms with Gasteiger partial charge in [-0.05, 0) is 0 Å². The smallest absolute Gasteiger partial charge is 0.318 e. The zero-order valence-corrected chi connectivity index (χ0v) is 7.77. The minimum absolute atomic E-state index is 0.433. The molecule has 0 aliphatic carbocycles. The van der Waals surface area contributed by atoms with E-state index in [1.165, 1.54) is 0 Å². The topological polar surface area (TPSA) is 91.0 Å². The average Bonchev–Trinajstić information content (AvgIpc) is 2.09. The van der Waals surface area contributed by atoms with Gasteiger partial charge in [0.2, 0.25) is 5.96 Å². The highest BCUT2D eigenvalue weighted by atomic mass is 19.1. The van der Waals surface area contributed by atoms with Gasteiger partial charge in [0.1, 0.15) is 11.5 Å². The average molecular weight is 232 g/mol. The summed E-state index contributed by atoms with van der Waals surface area (Å²) in [5.74, 6) is -4.27. The van der Waals surface area contributed by atoms with Gasteiger partial charge in [0.15, 0.2) is 11.6 Å². The van der Waals surface area contributed by atoms with Crippen LogP contribution in [0.3, 0.4) is 0 Å². The van der Waals surface area contributed by atoms with Gasteiger partial charge in [-0.2, -0.15) is 0 Å². The van der Waals surface area contributed by atoms with Crippen LogP contribution in [0, 0.1) is 22.9 Å². The van der Waals surface area contributed by atoms with Crippen molar-refractivity contribution in [2.45, 2.75) is 0 Å². The van der Waals surface area contributed by atoms with E-state index in [-0.39, 0.29) is 0 Å². The fraction of sp³-hybridized carbons (Fsp3) is 0. The molecule has 0 saturated carbocycles. The van der Waals surface area contributed by atoms with E-state index in [9.17, 15) is 18.0 Å². The SMILES string of the molecule is N=C(NC(N)=O)Nc1c(F)cc(F)cc1F. The molecule has 16 heavy (non-hydrogen) atoms. The molecular formula is C8H7F3N4O. The van der Waals surface area contributed by atoms with Crippen LogP contribution in [-0.4, -0.2) is 12.0 Å². The van der Waals surface area contributed by atoms with Crippen LogP contribution in [0.1, 0.15) is 0 Å². The molecule has 0 heterocycles. The van der Waals surface area contributed by atoms with Crippen LogP contribution in [0.4, 0.5) is 23.7 Å². The van der Waals surface area contributed by atoms with E-state index < -0.39 is 35.1 Å². The van der Waals surface area contributed by atoms with Gasteiger partial charge >= 0.3 is 6.03 Å². The van der Waals surface area contributed by atoms with Crippen LogP contribution >= 0.6 is 0 Å². The van der Waals surface area contributed by atoms with Crippen LogP contribution in [-0.2, 0) is 0 Å². The molecule has 0 atom stereocenters. The number of hydrogen-bond acceptors (Lipinski definition) is 2. The minimum atomic E-state index is -1.23. The lowest BCUT2D eigenvalue weighted by Gasteiger charge is -2.09. The molecule has 0 aliphatic rings. The molecule has 0 aromatic heterocycles. The highest BCUT2D eigenvalue weighted by molar-refractivity contribution is 6.01. The number of carbonyl (C=O) groups excluding carboxylic acids is 1. The first kappa shape index (κ1) is 11.8. The number of anilines is 1. The van der Waals surface area contributed by atoms with Gasteiger partial charge in [-0.25, -0.2) is 18.0 Å². The maximum atomic E-state index is 13.0. The molecule has 1 aromatic carbocycles. The van der Waals surface area contributed by atoms with Crippen LogP contribution in [0.5, 0.6) is 0 Å². The summed E-state index contributed by atoms with van der Waals surface area (Å²) in [5.41, 5.74) is 3.92. The lowest BCUT2D eigenvalue weighted by molar-refractivity contribution is 0.253. The first-order valence-corrected chi connectivity index (χ1v) is 3.96. The number of guanidine groups is 1. The summed E-state index contributed by atoms with van der Waals surface area (Å²) in [6, 6.07) is -0.202. The Morgan fingerprint density at radius 3 is 2.19 bits per heavy atom. The number of benzene rings is 1. The molecule has 0 radical (unpaired) electrons. The van der Waals surface area contributed by atoms with E-state index in [0.29, 0.717) is 12.1 Å². The third-order valence-electron chi connectivity index (χ3n) is 1.51. The first-order valence-electron chi connectivity index (χ1n) is 3.96. The number of rotatable bonds is 1. The van der Waals surface area contributed by atoms with Gasteiger partial charge in [0.05, 0.1) is 0 Å². The molecule has 5 nitrogen and oxygen atoms in total. The van der Waals surface area contributed by atoms with Crippen molar-refractivity contribution in [3.63, 3.8) is 0 Å². The fourth-order valence-electron chi connectivity index (χ4n) is 0.941. The predicted molar refractivity (Wildman–Crippen MR) is 50.4 cm³/mol. The number of primary amides is 1.